The highest BCUT2D eigenvalue weighted by atomic mass is 127. The molecule has 0 saturated carbocycles. The molecule has 0 amide bonds. The summed E-state index contributed by atoms with van der Waals surface area (Å²) < 4.78 is 11.1. The number of methoxy groups -OCH3 is 1. The summed E-state index contributed by atoms with van der Waals surface area (Å²) in [6, 6.07) is 14.3. The molecule has 6 heteroatoms. The summed E-state index contributed by atoms with van der Waals surface area (Å²) in [6.45, 7) is 6.16. The van der Waals surface area contributed by atoms with Gasteiger partial charge in [0.15, 0.2) is 5.96 Å². The Morgan fingerprint density at radius 2 is 1.81 bits per heavy atom. The van der Waals surface area contributed by atoms with Crippen molar-refractivity contribution in [2.24, 2.45) is 4.99 Å². The quantitative estimate of drug-likeness (QED) is 0.340. The van der Waals surface area contributed by atoms with Crippen LogP contribution in [-0.2, 0) is 13.0 Å². The molecule has 0 saturated heterocycles. The fourth-order valence-electron chi connectivity index (χ4n) is 2.76. The van der Waals surface area contributed by atoms with Crippen LogP contribution in [0.25, 0.3) is 0 Å². The average molecular weight is 483 g/mol. The predicted molar refractivity (Wildman–Crippen MR) is 123 cm³/mol. The predicted octanol–water partition coefficient (Wildman–Crippen LogP) is 3.93. The standard InChI is InChI=1S/C21H29N3O2.HI/c1-5-26-20-9-7-6-8-18(20)15-24-21(22-3)23-13-12-17-14-16(2)10-11-19(17)25-4;/h6-11,14H,5,12-13,15H2,1-4H3,(H2,22,23,24);1H. The van der Waals surface area contributed by atoms with Crippen molar-refractivity contribution in [1.82, 2.24) is 10.6 Å². The molecule has 2 aromatic rings. The first kappa shape index (κ1) is 23.1. The number of hydrogen-bond acceptors (Lipinski definition) is 3. The van der Waals surface area contributed by atoms with Crippen molar-refractivity contribution in [1.29, 1.82) is 0 Å². The Morgan fingerprint density at radius 3 is 2.52 bits per heavy atom. The van der Waals surface area contributed by atoms with Crippen molar-refractivity contribution >= 4 is 29.9 Å². The second-order valence-electron chi connectivity index (χ2n) is 5.96. The van der Waals surface area contributed by atoms with Gasteiger partial charge < -0.3 is 20.1 Å². The van der Waals surface area contributed by atoms with Crippen LogP contribution in [-0.4, -0.2) is 33.3 Å². The lowest BCUT2D eigenvalue weighted by Crippen LogP contribution is -2.38. The van der Waals surface area contributed by atoms with Gasteiger partial charge in [0, 0.05) is 25.7 Å². The van der Waals surface area contributed by atoms with Crippen molar-refractivity contribution in [3.8, 4) is 11.5 Å². The van der Waals surface area contributed by atoms with Gasteiger partial charge in [-0.25, -0.2) is 0 Å². The number of benzene rings is 2. The molecule has 0 bridgehead atoms. The van der Waals surface area contributed by atoms with Gasteiger partial charge in [-0.1, -0.05) is 35.9 Å². The molecule has 0 fully saturated rings. The van der Waals surface area contributed by atoms with Crippen LogP contribution in [0.1, 0.15) is 23.6 Å². The van der Waals surface area contributed by atoms with Gasteiger partial charge in [-0.05, 0) is 38.0 Å². The Kier molecular flexibility index (Phi) is 10.6. The van der Waals surface area contributed by atoms with Crippen LogP contribution in [0.3, 0.4) is 0 Å². The largest absolute Gasteiger partial charge is 0.496 e. The molecule has 0 aromatic heterocycles. The van der Waals surface area contributed by atoms with Gasteiger partial charge in [0.1, 0.15) is 11.5 Å². The van der Waals surface area contributed by atoms with E-state index in [1.807, 2.05) is 31.2 Å². The number of para-hydroxylation sites is 1. The van der Waals surface area contributed by atoms with E-state index in [2.05, 4.69) is 40.7 Å². The number of guanidine groups is 1. The van der Waals surface area contributed by atoms with Crippen LogP contribution in [0.15, 0.2) is 47.5 Å². The summed E-state index contributed by atoms with van der Waals surface area (Å²) in [5.74, 6) is 2.59. The normalized spacial score (nSPS) is 10.7. The molecular weight excluding hydrogens is 453 g/mol. The minimum absolute atomic E-state index is 0. The van der Waals surface area contributed by atoms with Crippen LogP contribution in [0.4, 0.5) is 0 Å². The molecule has 0 aliphatic rings. The van der Waals surface area contributed by atoms with Crippen molar-refractivity contribution in [2.75, 3.05) is 27.3 Å². The van der Waals surface area contributed by atoms with E-state index in [1.54, 1.807) is 14.2 Å². The maximum absolute atomic E-state index is 5.66. The van der Waals surface area contributed by atoms with E-state index in [9.17, 15) is 0 Å². The molecule has 27 heavy (non-hydrogen) atoms. The maximum Gasteiger partial charge on any atom is 0.191 e. The Balaban J connectivity index is 0.00000364. The smallest absolute Gasteiger partial charge is 0.191 e. The maximum atomic E-state index is 5.66. The van der Waals surface area contributed by atoms with E-state index in [0.29, 0.717) is 13.2 Å². The van der Waals surface area contributed by atoms with Crippen LogP contribution in [0, 0.1) is 6.92 Å². The van der Waals surface area contributed by atoms with Gasteiger partial charge >= 0.3 is 0 Å². The molecule has 0 aliphatic heterocycles. The van der Waals surface area contributed by atoms with E-state index in [1.165, 1.54) is 11.1 Å². The third kappa shape index (κ3) is 7.28. The molecular formula is C21H30IN3O2. The number of aliphatic imine (C=N–C) groups is 1. The lowest BCUT2D eigenvalue weighted by atomic mass is 10.1. The molecule has 0 heterocycles. The van der Waals surface area contributed by atoms with Crippen LogP contribution in [0.5, 0.6) is 11.5 Å². The van der Waals surface area contributed by atoms with Gasteiger partial charge in [0.25, 0.3) is 0 Å². The van der Waals surface area contributed by atoms with Crippen molar-refractivity contribution in [3.05, 3.63) is 59.2 Å². The lowest BCUT2D eigenvalue weighted by Gasteiger charge is -2.15. The second kappa shape index (κ2) is 12.4. The van der Waals surface area contributed by atoms with Gasteiger partial charge in [-0.2, -0.15) is 0 Å². The van der Waals surface area contributed by atoms with Gasteiger partial charge in [-0.3, -0.25) is 4.99 Å². The highest BCUT2D eigenvalue weighted by Gasteiger charge is 2.06. The van der Waals surface area contributed by atoms with Crippen LogP contribution >= 0.6 is 24.0 Å². The first-order valence-corrected chi connectivity index (χ1v) is 8.96. The molecule has 2 rings (SSSR count). The number of nitrogens with zero attached hydrogens (tertiary/aromatic N) is 1. The Morgan fingerprint density at radius 1 is 1.04 bits per heavy atom. The lowest BCUT2D eigenvalue weighted by molar-refractivity contribution is 0.336. The molecule has 0 radical (unpaired) electrons. The summed E-state index contributed by atoms with van der Waals surface area (Å²) >= 11 is 0. The average Bonchev–Trinajstić information content (AvgIpc) is 2.66. The minimum atomic E-state index is 0. The van der Waals surface area contributed by atoms with Crippen molar-refractivity contribution < 1.29 is 9.47 Å². The van der Waals surface area contributed by atoms with Gasteiger partial charge in [-0.15, -0.1) is 24.0 Å². The number of hydrogen-bond donors (Lipinski definition) is 2. The molecule has 0 spiro atoms. The SMILES string of the molecule is CCOc1ccccc1CNC(=NC)NCCc1cc(C)ccc1OC.I. The molecule has 0 aliphatic carbocycles. The Hall–Kier alpha value is -1.96. The van der Waals surface area contributed by atoms with E-state index in [0.717, 1.165) is 36.0 Å². The van der Waals surface area contributed by atoms with E-state index >= 15 is 0 Å². The summed E-state index contributed by atoms with van der Waals surface area (Å²) in [5.41, 5.74) is 3.53. The highest BCUT2D eigenvalue weighted by molar-refractivity contribution is 14.0. The molecule has 2 aromatic carbocycles. The zero-order chi connectivity index (χ0) is 18.8. The van der Waals surface area contributed by atoms with Crippen molar-refractivity contribution in [3.63, 3.8) is 0 Å². The monoisotopic (exact) mass is 483 g/mol. The number of nitrogens with one attached hydrogen (secondary N) is 2. The Bertz CT molecular complexity index is 735. The molecule has 5 nitrogen and oxygen atoms in total. The first-order valence-electron chi connectivity index (χ1n) is 8.96. The van der Waals surface area contributed by atoms with Gasteiger partial charge in [0.2, 0.25) is 0 Å². The number of rotatable bonds is 8. The first-order chi connectivity index (χ1) is 12.7. The fraction of sp³-hybridized carbons (Fsp3) is 0.381. The summed E-state index contributed by atoms with van der Waals surface area (Å²) in [5, 5.41) is 6.69. The molecule has 0 unspecified atom stereocenters. The Labute approximate surface area is 179 Å². The topological polar surface area (TPSA) is 54.9 Å². The zero-order valence-electron chi connectivity index (χ0n) is 16.5. The minimum Gasteiger partial charge on any atom is -0.496 e. The fourth-order valence-corrected chi connectivity index (χ4v) is 2.76. The summed E-state index contributed by atoms with van der Waals surface area (Å²) in [7, 11) is 3.48. The molecule has 0 atom stereocenters. The summed E-state index contributed by atoms with van der Waals surface area (Å²) in [4.78, 5) is 4.29. The zero-order valence-corrected chi connectivity index (χ0v) is 18.9. The number of halogens is 1. The number of ether oxygens (including phenoxy) is 2. The van der Waals surface area contributed by atoms with E-state index in [-0.39, 0.29) is 24.0 Å². The van der Waals surface area contributed by atoms with Crippen LogP contribution in [0.2, 0.25) is 0 Å². The van der Waals surface area contributed by atoms with E-state index in [4.69, 9.17) is 9.47 Å². The van der Waals surface area contributed by atoms with Crippen molar-refractivity contribution in [2.45, 2.75) is 26.8 Å². The molecule has 148 valence electrons. The summed E-state index contributed by atoms with van der Waals surface area (Å²) in [6.07, 6.45) is 0.862. The van der Waals surface area contributed by atoms with Gasteiger partial charge in [0.05, 0.1) is 13.7 Å². The van der Waals surface area contributed by atoms with E-state index < -0.39 is 0 Å². The molecule has 2 N–H and O–H groups in total. The second-order valence-corrected chi connectivity index (χ2v) is 5.96. The number of aryl methyl sites for hydroxylation is 1. The third-order valence-electron chi connectivity index (χ3n) is 4.07. The van der Waals surface area contributed by atoms with Crippen LogP contribution < -0.4 is 20.1 Å². The highest BCUT2D eigenvalue weighted by Crippen LogP contribution is 2.20. The third-order valence-corrected chi connectivity index (χ3v) is 4.07.